The molecule has 0 spiro atoms. The molecule has 0 bridgehead atoms. The van der Waals surface area contributed by atoms with Gasteiger partial charge >= 0.3 is 0 Å². The van der Waals surface area contributed by atoms with Gasteiger partial charge in [0, 0.05) is 4.47 Å². The van der Waals surface area contributed by atoms with Crippen molar-refractivity contribution >= 4 is 15.9 Å². The molecule has 0 fully saturated rings. The van der Waals surface area contributed by atoms with Crippen molar-refractivity contribution in [3.63, 3.8) is 0 Å². The van der Waals surface area contributed by atoms with Crippen LogP contribution in [0.2, 0.25) is 0 Å². The minimum absolute atomic E-state index is 0.641. The lowest BCUT2D eigenvalue weighted by atomic mass is 10.0. The first-order valence-electron chi connectivity index (χ1n) is 6.49. The highest BCUT2D eigenvalue weighted by molar-refractivity contribution is 9.10. The van der Waals surface area contributed by atoms with Crippen LogP contribution in [0.5, 0.6) is 11.5 Å². The number of nitriles is 1. The largest absolute Gasteiger partial charge is 0.493 e. The lowest BCUT2D eigenvalue weighted by Crippen LogP contribution is -1.97. The molecule has 2 rings (SSSR count). The zero-order valence-corrected chi connectivity index (χ0v) is 13.8. The van der Waals surface area contributed by atoms with Crippen LogP contribution in [0.1, 0.15) is 22.3 Å². The van der Waals surface area contributed by atoms with Crippen LogP contribution >= 0.6 is 15.9 Å². The monoisotopic (exact) mass is 345 g/mol. The third kappa shape index (κ3) is 3.37. The number of rotatable bonds is 4. The minimum Gasteiger partial charge on any atom is -0.493 e. The van der Waals surface area contributed by atoms with Crippen LogP contribution in [-0.4, -0.2) is 14.2 Å². The van der Waals surface area contributed by atoms with Crippen LogP contribution in [0.3, 0.4) is 0 Å². The summed E-state index contributed by atoms with van der Waals surface area (Å²) in [7, 11) is 3.28. The fourth-order valence-electron chi connectivity index (χ4n) is 2.32. The van der Waals surface area contributed by atoms with Crippen LogP contribution in [-0.2, 0) is 6.42 Å². The van der Waals surface area contributed by atoms with Gasteiger partial charge in [-0.15, -0.1) is 0 Å². The molecule has 21 heavy (non-hydrogen) atoms. The van der Waals surface area contributed by atoms with Crippen LogP contribution in [0.25, 0.3) is 0 Å². The molecular weight excluding hydrogens is 330 g/mol. The molecule has 3 nitrogen and oxygen atoms in total. The topological polar surface area (TPSA) is 42.2 Å². The predicted octanol–water partition coefficient (Wildman–Crippen LogP) is 4.24. The van der Waals surface area contributed by atoms with Crippen molar-refractivity contribution < 1.29 is 9.47 Å². The van der Waals surface area contributed by atoms with Gasteiger partial charge in [0.25, 0.3) is 0 Å². The van der Waals surface area contributed by atoms with E-state index in [0.717, 1.165) is 39.1 Å². The normalized spacial score (nSPS) is 10.0. The predicted molar refractivity (Wildman–Crippen MR) is 85.9 cm³/mol. The molecule has 0 N–H and O–H groups in total. The Morgan fingerprint density at radius 1 is 1.10 bits per heavy atom. The highest BCUT2D eigenvalue weighted by Gasteiger charge is 2.10. The second-order valence-electron chi connectivity index (χ2n) is 4.75. The second-order valence-corrected chi connectivity index (χ2v) is 5.61. The summed E-state index contributed by atoms with van der Waals surface area (Å²) in [6, 6.07) is 12.0. The van der Waals surface area contributed by atoms with Crippen molar-refractivity contribution in [2.45, 2.75) is 13.3 Å². The molecule has 0 atom stereocenters. The number of aryl methyl sites for hydroxylation is 1. The van der Waals surface area contributed by atoms with E-state index in [4.69, 9.17) is 14.7 Å². The molecular formula is C17H16BrNO2. The molecule has 108 valence electrons. The van der Waals surface area contributed by atoms with Gasteiger partial charge in [0.1, 0.15) is 6.07 Å². The Labute approximate surface area is 133 Å². The third-order valence-electron chi connectivity index (χ3n) is 3.29. The Morgan fingerprint density at radius 2 is 1.86 bits per heavy atom. The van der Waals surface area contributed by atoms with Crippen molar-refractivity contribution in [1.29, 1.82) is 5.26 Å². The SMILES string of the molecule is COc1cc(Cc2ccc(C#N)c(Br)c2)cc(C)c1OC. The van der Waals surface area contributed by atoms with Crippen molar-refractivity contribution in [2.75, 3.05) is 14.2 Å². The maximum absolute atomic E-state index is 8.95. The highest BCUT2D eigenvalue weighted by Crippen LogP contribution is 2.33. The van der Waals surface area contributed by atoms with E-state index in [-0.39, 0.29) is 0 Å². The Balaban J connectivity index is 2.34. The van der Waals surface area contributed by atoms with Gasteiger partial charge in [-0.3, -0.25) is 0 Å². The number of benzene rings is 2. The van der Waals surface area contributed by atoms with Gasteiger partial charge < -0.3 is 9.47 Å². The molecule has 0 heterocycles. The van der Waals surface area contributed by atoms with Gasteiger partial charge in [0.2, 0.25) is 0 Å². The van der Waals surface area contributed by atoms with Gasteiger partial charge in [-0.2, -0.15) is 5.26 Å². The third-order valence-corrected chi connectivity index (χ3v) is 3.94. The average Bonchev–Trinajstić information content (AvgIpc) is 2.46. The van der Waals surface area contributed by atoms with E-state index < -0.39 is 0 Å². The zero-order chi connectivity index (χ0) is 15.4. The average molecular weight is 346 g/mol. The molecule has 4 heteroatoms. The zero-order valence-electron chi connectivity index (χ0n) is 12.2. The van der Waals surface area contributed by atoms with E-state index in [0.29, 0.717) is 5.56 Å². The summed E-state index contributed by atoms with van der Waals surface area (Å²) in [4.78, 5) is 0. The van der Waals surface area contributed by atoms with Gasteiger partial charge in [-0.05, 0) is 64.2 Å². The Morgan fingerprint density at radius 3 is 2.43 bits per heavy atom. The fourth-order valence-corrected chi connectivity index (χ4v) is 2.84. The van der Waals surface area contributed by atoms with Crippen LogP contribution < -0.4 is 9.47 Å². The minimum atomic E-state index is 0.641. The van der Waals surface area contributed by atoms with Crippen LogP contribution in [0.15, 0.2) is 34.8 Å². The van der Waals surface area contributed by atoms with Crippen molar-refractivity contribution in [3.8, 4) is 17.6 Å². The first-order valence-corrected chi connectivity index (χ1v) is 7.28. The summed E-state index contributed by atoms with van der Waals surface area (Å²) < 4.78 is 11.6. The first-order chi connectivity index (χ1) is 10.1. The summed E-state index contributed by atoms with van der Waals surface area (Å²) >= 11 is 3.42. The molecule has 2 aromatic carbocycles. The lowest BCUT2D eigenvalue weighted by Gasteiger charge is -2.13. The van der Waals surface area contributed by atoms with Gasteiger partial charge in [-0.1, -0.05) is 12.1 Å². The van der Waals surface area contributed by atoms with Gasteiger partial charge in [0.15, 0.2) is 11.5 Å². The first kappa shape index (κ1) is 15.4. The van der Waals surface area contributed by atoms with E-state index in [2.05, 4.69) is 28.1 Å². The van der Waals surface area contributed by atoms with E-state index >= 15 is 0 Å². The maximum Gasteiger partial charge on any atom is 0.163 e. The van der Waals surface area contributed by atoms with Crippen LogP contribution in [0, 0.1) is 18.3 Å². The number of halogens is 1. The van der Waals surface area contributed by atoms with E-state index in [1.165, 1.54) is 0 Å². The van der Waals surface area contributed by atoms with Gasteiger partial charge in [0.05, 0.1) is 19.8 Å². The fraction of sp³-hybridized carbons (Fsp3) is 0.235. The number of hydrogen-bond donors (Lipinski definition) is 0. The Hall–Kier alpha value is -1.99. The molecule has 0 aliphatic carbocycles. The maximum atomic E-state index is 8.95. The highest BCUT2D eigenvalue weighted by atomic mass is 79.9. The molecule has 0 saturated carbocycles. The number of methoxy groups -OCH3 is 2. The van der Waals surface area contributed by atoms with Crippen LogP contribution in [0.4, 0.5) is 0 Å². The summed E-state index contributed by atoms with van der Waals surface area (Å²) in [6.07, 6.45) is 0.769. The van der Waals surface area contributed by atoms with Gasteiger partial charge in [-0.25, -0.2) is 0 Å². The molecule has 0 radical (unpaired) electrons. The number of nitrogens with zero attached hydrogens (tertiary/aromatic N) is 1. The lowest BCUT2D eigenvalue weighted by molar-refractivity contribution is 0.352. The summed E-state index contributed by atoms with van der Waals surface area (Å²) in [6.45, 7) is 2.00. The van der Waals surface area contributed by atoms with E-state index in [9.17, 15) is 0 Å². The molecule has 0 aromatic heterocycles. The molecule has 0 saturated heterocycles. The Kier molecular flexibility index (Phi) is 4.87. The van der Waals surface area contributed by atoms with Crippen molar-refractivity contribution in [1.82, 2.24) is 0 Å². The van der Waals surface area contributed by atoms with E-state index in [1.54, 1.807) is 14.2 Å². The van der Waals surface area contributed by atoms with Crippen molar-refractivity contribution in [3.05, 3.63) is 57.1 Å². The molecule has 2 aromatic rings. The summed E-state index contributed by atoms with van der Waals surface area (Å²) in [5, 5.41) is 8.95. The molecule has 0 unspecified atom stereocenters. The Bertz CT molecular complexity index is 705. The number of hydrogen-bond acceptors (Lipinski definition) is 3. The standard InChI is InChI=1S/C17H16BrNO2/c1-11-6-13(9-16(20-2)17(11)21-3)7-12-4-5-14(10-19)15(18)8-12/h4-6,8-9H,7H2,1-3H3. The second kappa shape index (κ2) is 6.64. The summed E-state index contributed by atoms with van der Waals surface area (Å²) in [5.41, 5.74) is 3.95. The molecule has 0 aliphatic rings. The quantitative estimate of drug-likeness (QED) is 0.832. The number of ether oxygens (including phenoxy) is 2. The molecule has 0 amide bonds. The van der Waals surface area contributed by atoms with Crippen molar-refractivity contribution in [2.24, 2.45) is 0 Å². The smallest absolute Gasteiger partial charge is 0.163 e. The summed E-state index contributed by atoms with van der Waals surface area (Å²) in [5.74, 6) is 1.50. The molecule has 0 aliphatic heterocycles. The van der Waals surface area contributed by atoms with E-state index in [1.807, 2.05) is 31.2 Å².